The highest BCUT2D eigenvalue weighted by atomic mass is 32.2. The van der Waals surface area contributed by atoms with Crippen molar-refractivity contribution in [3.05, 3.63) is 17.0 Å². The third-order valence-corrected chi connectivity index (χ3v) is 5.92. The minimum Gasteiger partial charge on any atom is -0.396 e. The molecule has 1 aromatic rings. The molecule has 2 rings (SSSR count). The number of nitrogens with two attached hydrogens (primary N) is 1. The van der Waals surface area contributed by atoms with E-state index in [9.17, 15) is 13.5 Å². The molecule has 0 spiro atoms. The lowest BCUT2D eigenvalue weighted by atomic mass is 9.77. The lowest BCUT2D eigenvalue weighted by Gasteiger charge is -2.30. The van der Waals surface area contributed by atoms with Crippen LogP contribution in [0.1, 0.15) is 37.2 Å². The van der Waals surface area contributed by atoms with E-state index in [0.717, 1.165) is 31.2 Å². The summed E-state index contributed by atoms with van der Waals surface area (Å²) in [5.41, 5.74) is 0.802. The maximum atomic E-state index is 11.5. The van der Waals surface area contributed by atoms with Crippen LogP contribution in [0.4, 0.5) is 0 Å². The molecule has 0 bridgehead atoms. The Balaban J connectivity index is 2.36. The highest BCUT2D eigenvalue weighted by Gasteiger charge is 2.30. The van der Waals surface area contributed by atoms with Crippen molar-refractivity contribution in [1.29, 1.82) is 0 Å². The molecular formula is C11H17NO3S2. The van der Waals surface area contributed by atoms with Crippen molar-refractivity contribution in [1.82, 2.24) is 0 Å². The van der Waals surface area contributed by atoms with E-state index < -0.39 is 10.0 Å². The van der Waals surface area contributed by atoms with E-state index in [1.165, 1.54) is 11.3 Å². The Morgan fingerprint density at radius 2 is 2.12 bits per heavy atom. The number of primary sulfonamides is 1. The third kappa shape index (κ3) is 2.70. The predicted molar refractivity (Wildman–Crippen MR) is 67.5 cm³/mol. The fourth-order valence-corrected chi connectivity index (χ4v) is 4.59. The molecule has 2 atom stereocenters. The van der Waals surface area contributed by atoms with Gasteiger partial charge in [-0.05, 0) is 41.7 Å². The van der Waals surface area contributed by atoms with E-state index in [-0.39, 0.29) is 22.7 Å². The quantitative estimate of drug-likeness (QED) is 0.880. The van der Waals surface area contributed by atoms with Gasteiger partial charge in [-0.25, -0.2) is 13.6 Å². The highest BCUT2D eigenvalue weighted by Crippen LogP contribution is 2.41. The average molecular weight is 275 g/mol. The second-order valence-corrected chi connectivity index (χ2v) is 7.21. The molecule has 1 saturated carbocycles. The van der Waals surface area contributed by atoms with Gasteiger partial charge in [0.1, 0.15) is 4.21 Å². The lowest BCUT2D eigenvalue weighted by Crippen LogP contribution is -2.23. The van der Waals surface area contributed by atoms with Gasteiger partial charge in [0.25, 0.3) is 0 Å². The van der Waals surface area contributed by atoms with Crippen molar-refractivity contribution in [2.45, 2.75) is 35.8 Å². The lowest BCUT2D eigenvalue weighted by molar-refractivity contribution is 0.168. The number of rotatable bonds is 3. The van der Waals surface area contributed by atoms with E-state index in [2.05, 4.69) is 0 Å². The van der Waals surface area contributed by atoms with Gasteiger partial charge in [0.2, 0.25) is 10.0 Å². The number of hydrogen-bond acceptors (Lipinski definition) is 4. The second-order valence-electron chi connectivity index (χ2n) is 4.54. The summed E-state index contributed by atoms with van der Waals surface area (Å²) in [5.74, 6) is 0.298. The summed E-state index contributed by atoms with van der Waals surface area (Å²) in [6.07, 6.45) is 4.09. The number of aliphatic hydroxyl groups excluding tert-OH is 1. The minimum absolute atomic E-state index is 0.116. The van der Waals surface area contributed by atoms with Crippen LogP contribution in [0.15, 0.2) is 15.7 Å². The van der Waals surface area contributed by atoms with Crippen molar-refractivity contribution in [3.8, 4) is 0 Å². The molecule has 3 N–H and O–H groups in total. The Kier molecular flexibility index (Phi) is 3.87. The largest absolute Gasteiger partial charge is 0.396 e. The Morgan fingerprint density at radius 1 is 1.41 bits per heavy atom. The van der Waals surface area contributed by atoms with Gasteiger partial charge in [0.15, 0.2) is 0 Å². The Hall–Kier alpha value is -0.430. The van der Waals surface area contributed by atoms with Crippen molar-refractivity contribution in [2.24, 2.45) is 11.1 Å². The van der Waals surface area contributed by atoms with E-state index >= 15 is 0 Å². The molecule has 1 fully saturated rings. The van der Waals surface area contributed by atoms with Crippen molar-refractivity contribution < 1.29 is 13.5 Å². The van der Waals surface area contributed by atoms with Gasteiger partial charge in [0, 0.05) is 6.61 Å². The van der Waals surface area contributed by atoms with Crippen LogP contribution in [-0.4, -0.2) is 20.1 Å². The van der Waals surface area contributed by atoms with Crippen molar-refractivity contribution >= 4 is 21.4 Å². The van der Waals surface area contributed by atoms with Gasteiger partial charge in [-0.15, -0.1) is 11.3 Å². The molecule has 96 valence electrons. The minimum atomic E-state index is -3.63. The smallest absolute Gasteiger partial charge is 0.247 e. The van der Waals surface area contributed by atoms with Crippen LogP contribution in [0.5, 0.6) is 0 Å². The van der Waals surface area contributed by atoms with Gasteiger partial charge >= 0.3 is 0 Å². The Labute approximate surface area is 106 Å². The summed E-state index contributed by atoms with van der Waals surface area (Å²) >= 11 is 1.17. The maximum absolute atomic E-state index is 11.5. The van der Waals surface area contributed by atoms with Gasteiger partial charge in [0.05, 0.1) is 0 Å². The molecule has 0 radical (unpaired) electrons. The van der Waals surface area contributed by atoms with Crippen molar-refractivity contribution in [2.75, 3.05) is 6.61 Å². The maximum Gasteiger partial charge on any atom is 0.247 e. The number of sulfonamides is 1. The average Bonchev–Trinajstić information content (AvgIpc) is 2.77. The zero-order valence-corrected chi connectivity index (χ0v) is 11.1. The molecule has 4 nitrogen and oxygen atoms in total. The molecule has 0 aliphatic heterocycles. The van der Waals surface area contributed by atoms with Crippen LogP contribution >= 0.6 is 11.3 Å². The molecule has 1 aliphatic rings. The van der Waals surface area contributed by atoms with Crippen LogP contribution in [0.25, 0.3) is 0 Å². The van der Waals surface area contributed by atoms with Gasteiger partial charge in [-0.1, -0.05) is 12.8 Å². The summed E-state index contributed by atoms with van der Waals surface area (Å²) in [7, 11) is -3.63. The monoisotopic (exact) mass is 275 g/mol. The van der Waals surface area contributed by atoms with Gasteiger partial charge in [-0.2, -0.15) is 0 Å². The second kappa shape index (κ2) is 5.06. The Bertz CT molecular complexity index is 481. The molecule has 0 amide bonds. The molecule has 1 aromatic heterocycles. The summed E-state index contributed by atoms with van der Waals surface area (Å²) < 4.78 is 23.2. The molecule has 1 aliphatic carbocycles. The normalized spacial score (nSPS) is 26.0. The van der Waals surface area contributed by atoms with Gasteiger partial charge < -0.3 is 5.11 Å². The summed E-state index contributed by atoms with van der Waals surface area (Å²) in [6.45, 7) is 0.116. The summed E-state index contributed by atoms with van der Waals surface area (Å²) in [6, 6.07) is 1.84. The standard InChI is InChI=1S/C11H17NO3S2/c12-17(14,15)11-10(5-6-16-11)9-4-2-1-3-8(9)7-13/h5-6,8-9,13H,1-4,7H2,(H2,12,14,15)/t8-,9+/m0/s1. The number of aliphatic hydroxyl groups is 1. The molecule has 1 heterocycles. The van der Waals surface area contributed by atoms with E-state index in [4.69, 9.17) is 5.14 Å². The number of thiophene rings is 1. The molecular weight excluding hydrogens is 258 g/mol. The molecule has 0 aromatic carbocycles. The summed E-state index contributed by atoms with van der Waals surface area (Å²) in [5, 5.41) is 16.4. The molecule has 17 heavy (non-hydrogen) atoms. The molecule has 0 unspecified atom stereocenters. The molecule has 6 heteroatoms. The first-order chi connectivity index (χ1) is 8.04. The first-order valence-electron chi connectivity index (χ1n) is 5.75. The zero-order chi connectivity index (χ0) is 12.5. The molecule has 0 saturated heterocycles. The van der Waals surface area contributed by atoms with Crippen LogP contribution in [-0.2, 0) is 10.0 Å². The Morgan fingerprint density at radius 3 is 2.76 bits per heavy atom. The van der Waals surface area contributed by atoms with E-state index in [1.54, 1.807) is 5.38 Å². The SMILES string of the molecule is NS(=O)(=O)c1sccc1[C@@H]1CCCC[C@H]1CO. The van der Waals surface area contributed by atoms with Gasteiger partial charge in [-0.3, -0.25) is 0 Å². The van der Waals surface area contributed by atoms with Crippen LogP contribution in [0.2, 0.25) is 0 Å². The topological polar surface area (TPSA) is 80.4 Å². The fraction of sp³-hybridized carbons (Fsp3) is 0.636. The van der Waals surface area contributed by atoms with Crippen LogP contribution in [0, 0.1) is 5.92 Å². The first-order valence-corrected chi connectivity index (χ1v) is 8.17. The fourth-order valence-electron chi connectivity index (χ4n) is 2.65. The van der Waals surface area contributed by atoms with Crippen LogP contribution < -0.4 is 5.14 Å². The number of hydrogen-bond donors (Lipinski definition) is 2. The summed E-state index contributed by atoms with van der Waals surface area (Å²) in [4.78, 5) is 0. The van der Waals surface area contributed by atoms with Crippen LogP contribution in [0.3, 0.4) is 0 Å². The zero-order valence-electron chi connectivity index (χ0n) is 9.50. The highest BCUT2D eigenvalue weighted by molar-refractivity contribution is 7.91. The first kappa shape index (κ1) is 13.0. The predicted octanol–water partition coefficient (Wildman–Crippen LogP) is 1.66. The third-order valence-electron chi connectivity index (χ3n) is 3.46. The van der Waals surface area contributed by atoms with E-state index in [1.807, 2.05) is 6.07 Å². The van der Waals surface area contributed by atoms with Crippen molar-refractivity contribution in [3.63, 3.8) is 0 Å². The van der Waals surface area contributed by atoms with E-state index in [0.29, 0.717) is 0 Å².